The van der Waals surface area contributed by atoms with E-state index >= 15 is 0 Å². The SMILES string of the molecule is C=C1O[C@H](C)C/C1=C/CCCC(C)(C)C. The topological polar surface area (TPSA) is 9.23 Å². The van der Waals surface area contributed by atoms with Gasteiger partial charge >= 0.3 is 0 Å². The van der Waals surface area contributed by atoms with Crippen LogP contribution in [0.4, 0.5) is 0 Å². The maximum atomic E-state index is 5.51. The van der Waals surface area contributed by atoms with E-state index < -0.39 is 0 Å². The number of hydrogen-bond acceptors (Lipinski definition) is 1. The van der Waals surface area contributed by atoms with Crippen molar-refractivity contribution in [1.29, 1.82) is 0 Å². The molecule has 0 unspecified atom stereocenters. The van der Waals surface area contributed by atoms with Crippen molar-refractivity contribution in [1.82, 2.24) is 0 Å². The van der Waals surface area contributed by atoms with Gasteiger partial charge in [-0.05, 0) is 37.2 Å². The van der Waals surface area contributed by atoms with Gasteiger partial charge < -0.3 is 4.74 Å². The molecule has 1 fully saturated rings. The van der Waals surface area contributed by atoms with Crippen LogP contribution in [0.3, 0.4) is 0 Å². The zero-order valence-corrected chi connectivity index (χ0v) is 10.6. The first-order valence-electron chi connectivity index (χ1n) is 5.93. The summed E-state index contributed by atoms with van der Waals surface area (Å²) < 4.78 is 5.51. The minimum absolute atomic E-state index is 0.325. The molecule has 0 spiro atoms. The Balaban J connectivity index is 2.30. The molecule has 0 aromatic heterocycles. The van der Waals surface area contributed by atoms with Crippen LogP contribution < -0.4 is 0 Å². The van der Waals surface area contributed by atoms with Crippen LogP contribution in [0.5, 0.6) is 0 Å². The zero-order chi connectivity index (χ0) is 11.5. The highest BCUT2D eigenvalue weighted by Gasteiger charge is 2.19. The summed E-state index contributed by atoms with van der Waals surface area (Å²) in [6.45, 7) is 12.9. The van der Waals surface area contributed by atoms with E-state index in [1.807, 2.05) is 0 Å². The lowest BCUT2D eigenvalue weighted by atomic mass is 9.89. The Labute approximate surface area is 94.2 Å². The van der Waals surface area contributed by atoms with Crippen molar-refractivity contribution < 1.29 is 4.74 Å². The Kier molecular flexibility index (Phi) is 4.01. The van der Waals surface area contributed by atoms with Gasteiger partial charge in [-0.1, -0.05) is 33.4 Å². The maximum absolute atomic E-state index is 5.51. The lowest BCUT2D eigenvalue weighted by Crippen LogP contribution is -2.03. The van der Waals surface area contributed by atoms with Crippen LogP contribution >= 0.6 is 0 Å². The molecule has 1 heteroatoms. The molecule has 1 aliphatic rings. The van der Waals surface area contributed by atoms with Gasteiger partial charge in [0.15, 0.2) is 0 Å². The van der Waals surface area contributed by atoms with E-state index in [0.717, 1.165) is 18.6 Å². The van der Waals surface area contributed by atoms with Gasteiger partial charge in [-0.15, -0.1) is 0 Å². The first-order chi connectivity index (χ1) is 6.88. The highest BCUT2D eigenvalue weighted by atomic mass is 16.5. The van der Waals surface area contributed by atoms with Gasteiger partial charge in [0, 0.05) is 6.42 Å². The zero-order valence-electron chi connectivity index (χ0n) is 10.6. The van der Waals surface area contributed by atoms with Crippen LogP contribution in [-0.2, 0) is 4.74 Å². The standard InChI is InChI=1S/C14H24O/c1-11-10-13(12(2)15-11)8-6-7-9-14(3,4)5/h8,11H,2,6-7,9-10H2,1,3-5H3/b13-8-/t11-/m1/s1. The van der Waals surface area contributed by atoms with Crippen molar-refractivity contribution in [2.45, 2.75) is 59.5 Å². The number of unbranched alkanes of at least 4 members (excludes halogenated alkanes) is 1. The van der Waals surface area contributed by atoms with Gasteiger partial charge in [0.25, 0.3) is 0 Å². The molecule has 0 aromatic carbocycles. The molecule has 0 amide bonds. The van der Waals surface area contributed by atoms with Gasteiger partial charge in [-0.25, -0.2) is 0 Å². The van der Waals surface area contributed by atoms with E-state index in [4.69, 9.17) is 4.74 Å². The van der Waals surface area contributed by atoms with Crippen molar-refractivity contribution in [3.05, 3.63) is 24.0 Å². The Morgan fingerprint density at radius 1 is 1.47 bits per heavy atom. The summed E-state index contributed by atoms with van der Waals surface area (Å²) in [5, 5.41) is 0. The average molecular weight is 208 g/mol. The lowest BCUT2D eigenvalue weighted by Gasteiger charge is -2.16. The second kappa shape index (κ2) is 4.87. The molecular formula is C14H24O. The van der Waals surface area contributed by atoms with Gasteiger partial charge in [-0.3, -0.25) is 0 Å². The second-order valence-corrected chi connectivity index (χ2v) is 5.74. The summed E-state index contributed by atoms with van der Waals surface area (Å²) in [5.41, 5.74) is 1.77. The minimum Gasteiger partial charge on any atom is -0.491 e. The van der Waals surface area contributed by atoms with Gasteiger partial charge in [-0.2, -0.15) is 0 Å². The van der Waals surface area contributed by atoms with Crippen molar-refractivity contribution in [2.24, 2.45) is 5.41 Å². The normalized spacial score (nSPS) is 24.7. The third-order valence-corrected chi connectivity index (χ3v) is 2.73. The molecule has 0 bridgehead atoms. The van der Waals surface area contributed by atoms with Crippen molar-refractivity contribution in [3.8, 4) is 0 Å². The highest BCUT2D eigenvalue weighted by Crippen LogP contribution is 2.29. The largest absolute Gasteiger partial charge is 0.491 e. The van der Waals surface area contributed by atoms with E-state index in [1.165, 1.54) is 18.4 Å². The Morgan fingerprint density at radius 3 is 2.60 bits per heavy atom. The first kappa shape index (κ1) is 12.4. The third-order valence-electron chi connectivity index (χ3n) is 2.73. The van der Waals surface area contributed by atoms with Gasteiger partial charge in [0.1, 0.15) is 11.9 Å². The Morgan fingerprint density at radius 2 is 2.13 bits per heavy atom. The van der Waals surface area contributed by atoms with Crippen molar-refractivity contribution >= 4 is 0 Å². The van der Waals surface area contributed by atoms with Crippen LogP contribution in [0.25, 0.3) is 0 Å². The summed E-state index contributed by atoms with van der Waals surface area (Å²) >= 11 is 0. The fraction of sp³-hybridized carbons (Fsp3) is 0.714. The summed E-state index contributed by atoms with van der Waals surface area (Å²) in [7, 11) is 0. The molecule has 1 heterocycles. The van der Waals surface area contributed by atoms with E-state index in [-0.39, 0.29) is 0 Å². The van der Waals surface area contributed by atoms with E-state index in [2.05, 4.69) is 40.3 Å². The minimum atomic E-state index is 0.325. The number of hydrogen-bond donors (Lipinski definition) is 0. The van der Waals surface area contributed by atoms with E-state index in [9.17, 15) is 0 Å². The number of rotatable bonds is 3. The molecule has 1 atom stereocenters. The number of ether oxygens (including phenoxy) is 1. The molecular weight excluding hydrogens is 184 g/mol. The molecule has 15 heavy (non-hydrogen) atoms. The molecule has 1 saturated heterocycles. The van der Waals surface area contributed by atoms with Crippen LogP contribution in [0.15, 0.2) is 24.0 Å². The molecule has 1 nitrogen and oxygen atoms in total. The average Bonchev–Trinajstić information content (AvgIpc) is 2.37. The number of allylic oxidation sites excluding steroid dienone is 2. The van der Waals surface area contributed by atoms with E-state index in [0.29, 0.717) is 11.5 Å². The predicted octanol–water partition coefficient (Wildman–Crippen LogP) is 4.45. The monoisotopic (exact) mass is 208 g/mol. The molecule has 1 aliphatic heterocycles. The quantitative estimate of drug-likeness (QED) is 0.622. The van der Waals surface area contributed by atoms with Gasteiger partial charge in [0.05, 0.1) is 0 Å². The molecule has 0 radical (unpaired) electrons. The predicted molar refractivity (Wildman–Crippen MR) is 65.7 cm³/mol. The first-order valence-corrected chi connectivity index (χ1v) is 5.93. The maximum Gasteiger partial charge on any atom is 0.115 e. The van der Waals surface area contributed by atoms with Crippen LogP contribution in [-0.4, -0.2) is 6.10 Å². The van der Waals surface area contributed by atoms with E-state index in [1.54, 1.807) is 0 Å². The summed E-state index contributed by atoms with van der Waals surface area (Å²) in [5.74, 6) is 0.887. The second-order valence-electron chi connectivity index (χ2n) is 5.74. The molecule has 0 saturated carbocycles. The summed E-state index contributed by atoms with van der Waals surface area (Å²) in [6.07, 6.45) is 7.36. The Hall–Kier alpha value is -0.720. The molecule has 86 valence electrons. The van der Waals surface area contributed by atoms with Crippen LogP contribution in [0, 0.1) is 5.41 Å². The third kappa shape index (κ3) is 4.55. The fourth-order valence-corrected chi connectivity index (χ4v) is 1.89. The van der Waals surface area contributed by atoms with Crippen LogP contribution in [0.2, 0.25) is 0 Å². The van der Waals surface area contributed by atoms with Gasteiger partial charge in [0.2, 0.25) is 0 Å². The van der Waals surface area contributed by atoms with Crippen molar-refractivity contribution in [2.75, 3.05) is 0 Å². The fourth-order valence-electron chi connectivity index (χ4n) is 1.89. The van der Waals surface area contributed by atoms with Crippen LogP contribution in [0.1, 0.15) is 53.4 Å². The molecule has 0 N–H and O–H groups in total. The smallest absolute Gasteiger partial charge is 0.115 e. The summed E-state index contributed by atoms with van der Waals surface area (Å²) in [4.78, 5) is 0. The molecule has 1 rings (SSSR count). The lowest BCUT2D eigenvalue weighted by molar-refractivity contribution is 0.179. The molecule has 0 aromatic rings. The molecule has 0 aliphatic carbocycles. The summed E-state index contributed by atoms with van der Waals surface area (Å²) in [6, 6.07) is 0. The van der Waals surface area contributed by atoms with Crippen molar-refractivity contribution in [3.63, 3.8) is 0 Å². The highest BCUT2D eigenvalue weighted by molar-refractivity contribution is 5.27. The Bertz CT molecular complexity index is 255.